The van der Waals surface area contributed by atoms with Crippen molar-refractivity contribution >= 4 is 17.7 Å². The predicted molar refractivity (Wildman–Crippen MR) is 91.5 cm³/mol. The summed E-state index contributed by atoms with van der Waals surface area (Å²) in [4.78, 5) is 14.5. The lowest BCUT2D eigenvalue weighted by molar-refractivity contribution is -0.125. The van der Waals surface area contributed by atoms with Gasteiger partial charge in [0.05, 0.1) is 0 Å². The van der Waals surface area contributed by atoms with Gasteiger partial charge in [-0.1, -0.05) is 17.8 Å². The summed E-state index contributed by atoms with van der Waals surface area (Å²) in [7, 11) is 5.52. The molecule has 1 aliphatic heterocycles. The highest BCUT2D eigenvalue weighted by atomic mass is 32.2. The van der Waals surface area contributed by atoms with Crippen LogP contribution in [0.15, 0.2) is 23.4 Å². The van der Waals surface area contributed by atoms with Crippen LogP contribution in [0.2, 0.25) is 0 Å². The summed E-state index contributed by atoms with van der Waals surface area (Å²) in [5.41, 5.74) is 0.858. The van der Waals surface area contributed by atoms with E-state index in [1.54, 1.807) is 11.7 Å². The van der Waals surface area contributed by atoms with Gasteiger partial charge in [-0.25, -0.2) is 4.68 Å². The zero-order valence-electron chi connectivity index (χ0n) is 14.3. The number of carbonyl (C=O) groups is 1. The minimum atomic E-state index is -0.406. The fourth-order valence-electron chi connectivity index (χ4n) is 2.52. The molecule has 1 aromatic heterocycles. The maximum absolute atomic E-state index is 12.6. The molecule has 3 rings (SSSR count). The number of hydrogen-bond donors (Lipinski definition) is 1. The summed E-state index contributed by atoms with van der Waals surface area (Å²) in [5, 5.41) is 14.9. The first kappa shape index (κ1) is 17.5. The number of likely N-dealkylation sites (N-methyl/N-ethyl adjacent to an activating group) is 1. The second-order valence-corrected chi connectivity index (χ2v) is 6.77. The Kier molecular flexibility index (Phi) is 5.39. The third kappa shape index (κ3) is 4.02. The second kappa shape index (κ2) is 7.70. The average Bonchev–Trinajstić information content (AvgIpc) is 3.20. The molecule has 2 heterocycles. The number of rotatable bonds is 7. The summed E-state index contributed by atoms with van der Waals surface area (Å²) in [6.07, 6.45) is 0. The maximum Gasteiger partial charge on any atom is 0.241 e. The van der Waals surface area contributed by atoms with Gasteiger partial charge in [0, 0.05) is 19.3 Å². The molecule has 134 valence electrons. The van der Waals surface area contributed by atoms with Crippen LogP contribution < -0.4 is 14.8 Å². The van der Waals surface area contributed by atoms with Crippen molar-refractivity contribution in [2.24, 2.45) is 7.05 Å². The molecule has 25 heavy (non-hydrogen) atoms. The summed E-state index contributed by atoms with van der Waals surface area (Å²) >= 11 is 1.49. The molecule has 0 unspecified atom stereocenters. The molecule has 0 saturated carbocycles. The van der Waals surface area contributed by atoms with E-state index < -0.39 is 6.04 Å². The minimum Gasteiger partial charge on any atom is -0.454 e. The molecule has 2 aromatic rings. The Hall–Kier alpha value is -2.33. The summed E-state index contributed by atoms with van der Waals surface area (Å²) in [6, 6.07) is 5.17. The number of ether oxygens (including phenoxy) is 2. The van der Waals surface area contributed by atoms with Gasteiger partial charge >= 0.3 is 0 Å². The highest BCUT2D eigenvalue weighted by Crippen LogP contribution is 2.35. The fourth-order valence-corrected chi connectivity index (χ4v) is 3.23. The quantitative estimate of drug-likeness (QED) is 0.559. The highest BCUT2D eigenvalue weighted by Gasteiger charge is 2.25. The van der Waals surface area contributed by atoms with Crippen molar-refractivity contribution in [1.82, 2.24) is 30.4 Å². The Bertz CT molecular complexity index is 751. The number of benzene rings is 1. The van der Waals surface area contributed by atoms with Crippen molar-refractivity contribution < 1.29 is 14.3 Å². The molecule has 1 N–H and O–H groups in total. The first-order valence-electron chi connectivity index (χ1n) is 7.75. The van der Waals surface area contributed by atoms with Gasteiger partial charge in [-0.3, -0.25) is 9.69 Å². The van der Waals surface area contributed by atoms with Crippen molar-refractivity contribution in [3.05, 3.63) is 23.8 Å². The van der Waals surface area contributed by atoms with E-state index in [1.807, 2.05) is 37.2 Å². The zero-order valence-corrected chi connectivity index (χ0v) is 15.1. The van der Waals surface area contributed by atoms with Crippen LogP contribution in [0, 0.1) is 0 Å². The average molecular weight is 364 g/mol. The van der Waals surface area contributed by atoms with Gasteiger partial charge in [-0.2, -0.15) is 0 Å². The molecular formula is C15H20N6O3S. The third-order valence-corrected chi connectivity index (χ3v) is 4.70. The van der Waals surface area contributed by atoms with E-state index in [0.717, 1.165) is 5.56 Å². The van der Waals surface area contributed by atoms with Crippen LogP contribution in [0.5, 0.6) is 11.5 Å². The molecule has 0 spiro atoms. The van der Waals surface area contributed by atoms with Crippen LogP contribution in [0.1, 0.15) is 11.6 Å². The monoisotopic (exact) mass is 364 g/mol. The smallest absolute Gasteiger partial charge is 0.241 e. The highest BCUT2D eigenvalue weighted by molar-refractivity contribution is 7.99. The van der Waals surface area contributed by atoms with Crippen LogP contribution in [0.3, 0.4) is 0 Å². The second-order valence-electron chi connectivity index (χ2n) is 5.70. The van der Waals surface area contributed by atoms with Crippen LogP contribution in [-0.2, 0) is 11.8 Å². The number of nitrogens with one attached hydrogen (secondary N) is 1. The number of amides is 1. The standard InChI is InChI=1S/C15H20N6O3S/c1-20(2)13(10-4-5-11-12(8-10)24-9-23-11)14(22)16-6-7-25-15-17-18-19-21(15)3/h4-5,8,13H,6-7,9H2,1-3H3,(H,16,22)/t13-/m0/s1. The molecule has 1 amide bonds. The molecule has 0 saturated heterocycles. The minimum absolute atomic E-state index is 0.0689. The van der Waals surface area contributed by atoms with Crippen LogP contribution in [-0.4, -0.2) is 64.2 Å². The number of aryl methyl sites for hydroxylation is 1. The molecule has 10 heteroatoms. The molecule has 0 bridgehead atoms. The number of tetrazole rings is 1. The van der Waals surface area contributed by atoms with E-state index in [4.69, 9.17) is 9.47 Å². The van der Waals surface area contributed by atoms with Crippen molar-refractivity contribution in [1.29, 1.82) is 0 Å². The first-order chi connectivity index (χ1) is 12.1. The molecular weight excluding hydrogens is 344 g/mol. The van der Waals surface area contributed by atoms with E-state index in [9.17, 15) is 4.79 Å². The lowest BCUT2D eigenvalue weighted by Crippen LogP contribution is -2.38. The van der Waals surface area contributed by atoms with Crippen molar-refractivity contribution in [2.75, 3.05) is 33.2 Å². The van der Waals surface area contributed by atoms with Gasteiger partial charge in [0.15, 0.2) is 11.5 Å². The zero-order chi connectivity index (χ0) is 17.8. The number of thioether (sulfide) groups is 1. The Morgan fingerprint density at radius 2 is 2.20 bits per heavy atom. The Morgan fingerprint density at radius 3 is 2.92 bits per heavy atom. The molecule has 1 aliphatic rings. The van der Waals surface area contributed by atoms with E-state index in [1.165, 1.54) is 11.8 Å². The third-order valence-electron chi connectivity index (χ3n) is 3.69. The Morgan fingerprint density at radius 1 is 1.40 bits per heavy atom. The summed E-state index contributed by atoms with van der Waals surface area (Å²) in [6.45, 7) is 0.733. The van der Waals surface area contributed by atoms with E-state index in [0.29, 0.717) is 29.0 Å². The number of fused-ring (bicyclic) bond motifs is 1. The molecule has 0 fully saturated rings. The first-order valence-corrected chi connectivity index (χ1v) is 8.73. The number of hydrogen-bond acceptors (Lipinski definition) is 8. The largest absolute Gasteiger partial charge is 0.454 e. The topological polar surface area (TPSA) is 94.4 Å². The van der Waals surface area contributed by atoms with Gasteiger partial charge in [-0.15, -0.1) is 5.10 Å². The molecule has 1 aromatic carbocycles. The molecule has 0 aliphatic carbocycles. The Labute approximate surface area is 149 Å². The van der Waals surface area contributed by atoms with Crippen LogP contribution in [0.4, 0.5) is 0 Å². The van der Waals surface area contributed by atoms with E-state index in [2.05, 4.69) is 20.8 Å². The van der Waals surface area contributed by atoms with Gasteiger partial charge in [0.25, 0.3) is 0 Å². The number of aromatic nitrogens is 4. The summed E-state index contributed by atoms with van der Waals surface area (Å²) in [5.74, 6) is 1.99. The van der Waals surface area contributed by atoms with Crippen molar-refractivity contribution in [3.8, 4) is 11.5 Å². The number of carbonyl (C=O) groups excluding carboxylic acids is 1. The maximum atomic E-state index is 12.6. The lowest BCUT2D eigenvalue weighted by Gasteiger charge is -2.24. The van der Waals surface area contributed by atoms with Gasteiger partial charge in [0.2, 0.25) is 17.9 Å². The SMILES string of the molecule is CN(C)[C@H](C(=O)NCCSc1nnnn1C)c1ccc2c(c1)OCO2. The van der Waals surface area contributed by atoms with Crippen LogP contribution >= 0.6 is 11.8 Å². The molecule has 9 nitrogen and oxygen atoms in total. The van der Waals surface area contributed by atoms with E-state index >= 15 is 0 Å². The Balaban J connectivity index is 1.58. The normalized spacial score (nSPS) is 13.9. The molecule has 1 atom stereocenters. The van der Waals surface area contributed by atoms with E-state index in [-0.39, 0.29) is 12.7 Å². The lowest BCUT2D eigenvalue weighted by atomic mass is 10.0. The number of nitrogens with zero attached hydrogens (tertiary/aromatic N) is 5. The predicted octanol–water partition coefficient (Wildman–Crippen LogP) is 0.450. The fraction of sp³-hybridized carbons (Fsp3) is 0.467. The molecule has 0 radical (unpaired) electrons. The van der Waals surface area contributed by atoms with Gasteiger partial charge < -0.3 is 14.8 Å². The van der Waals surface area contributed by atoms with Gasteiger partial charge in [0.1, 0.15) is 6.04 Å². The van der Waals surface area contributed by atoms with Gasteiger partial charge in [-0.05, 0) is 42.2 Å². The van der Waals surface area contributed by atoms with Crippen molar-refractivity contribution in [2.45, 2.75) is 11.2 Å². The van der Waals surface area contributed by atoms with Crippen molar-refractivity contribution in [3.63, 3.8) is 0 Å². The van der Waals surface area contributed by atoms with Crippen LogP contribution in [0.25, 0.3) is 0 Å². The summed E-state index contributed by atoms with van der Waals surface area (Å²) < 4.78 is 12.3.